The van der Waals surface area contributed by atoms with Gasteiger partial charge in [-0.25, -0.2) is 4.68 Å². The summed E-state index contributed by atoms with van der Waals surface area (Å²) in [6.45, 7) is 9.82. The molecule has 5 rings (SSSR count). The number of fused-ring (bicyclic) bond motifs is 1. The van der Waals surface area contributed by atoms with Gasteiger partial charge in [0.2, 0.25) is 0 Å². The minimum absolute atomic E-state index is 0.0318. The number of benzene rings is 2. The molecule has 1 saturated carbocycles. The van der Waals surface area contributed by atoms with Crippen molar-refractivity contribution < 1.29 is 0 Å². The van der Waals surface area contributed by atoms with Crippen LogP contribution in [0.2, 0.25) is 0 Å². The normalized spacial score (nSPS) is 15.4. The van der Waals surface area contributed by atoms with E-state index in [-0.39, 0.29) is 17.5 Å². The number of rotatable bonds is 8. The Morgan fingerprint density at radius 2 is 1.75 bits per heavy atom. The van der Waals surface area contributed by atoms with Crippen molar-refractivity contribution in [3.63, 3.8) is 0 Å². The van der Waals surface area contributed by atoms with Crippen LogP contribution in [-0.4, -0.2) is 30.1 Å². The number of tetrazole rings is 1. The fourth-order valence-corrected chi connectivity index (χ4v) is 5.62. The maximum absolute atomic E-state index is 13.2. The maximum Gasteiger partial charge on any atom is 0.252 e. The standard InChI is InChI=1S/C29H36N6O/c1-19(2)27(28-31-32-33-35(28)25-12-8-9-13-25)34(17-22-10-6-5-7-11-22)18-24-16-23-14-20(3)21(4)15-26(23)30-29(24)36/h5-7,10-11,14-16,19,25,27H,8-9,12-13,17-18H2,1-4H3,(H,30,36). The first-order chi connectivity index (χ1) is 17.4. The summed E-state index contributed by atoms with van der Waals surface area (Å²) in [6, 6.07) is 17.0. The van der Waals surface area contributed by atoms with Crippen molar-refractivity contribution >= 4 is 10.9 Å². The molecule has 7 heteroatoms. The van der Waals surface area contributed by atoms with Crippen molar-refractivity contribution in [2.24, 2.45) is 5.92 Å². The van der Waals surface area contributed by atoms with Crippen molar-refractivity contribution in [3.8, 4) is 0 Å². The Bertz CT molecular complexity index is 1380. The molecule has 0 bridgehead atoms. The average Bonchev–Trinajstić information content (AvgIpc) is 3.54. The number of hydrogen-bond acceptors (Lipinski definition) is 5. The van der Waals surface area contributed by atoms with E-state index in [4.69, 9.17) is 0 Å². The molecule has 0 aliphatic heterocycles. The number of H-pyrrole nitrogens is 1. The van der Waals surface area contributed by atoms with E-state index in [1.54, 1.807) is 0 Å². The van der Waals surface area contributed by atoms with Gasteiger partial charge in [-0.2, -0.15) is 0 Å². The molecule has 188 valence electrons. The van der Waals surface area contributed by atoms with Gasteiger partial charge in [0.25, 0.3) is 5.56 Å². The van der Waals surface area contributed by atoms with E-state index in [9.17, 15) is 4.79 Å². The number of aromatic nitrogens is 5. The van der Waals surface area contributed by atoms with Gasteiger partial charge in [-0.1, -0.05) is 57.0 Å². The van der Waals surface area contributed by atoms with Crippen LogP contribution in [0.4, 0.5) is 0 Å². The van der Waals surface area contributed by atoms with Gasteiger partial charge >= 0.3 is 0 Å². The van der Waals surface area contributed by atoms with E-state index >= 15 is 0 Å². The molecule has 2 aromatic heterocycles. The number of aryl methyl sites for hydroxylation is 2. The van der Waals surface area contributed by atoms with Crippen LogP contribution in [0.25, 0.3) is 10.9 Å². The van der Waals surface area contributed by atoms with Crippen molar-refractivity contribution in [2.75, 3.05) is 0 Å². The average molecular weight is 485 g/mol. The van der Waals surface area contributed by atoms with E-state index in [1.165, 1.54) is 29.5 Å². The van der Waals surface area contributed by atoms with E-state index in [0.717, 1.165) is 35.1 Å². The van der Waals surface area contributed by atoms with Crippen molar-refractivity contribution in [2.45, 2.75) is 78.6 Å². The molecule has 36 heavy (non-hydrogen) atoms. The summed E-state index contributed by atoms with van der Waals surface area (Å²) in [5.74, 6) is 1.15. The molecule has 1 atom stereocenters. The summed E-state index contributed by atoms with van der Waals surface area (Å²) >= 11 is 0. The molecular weight excluding hydrogens is 448 g/mol. The zero-order chi connectivity index (χ0) is 25.2. The molecule has 1 N–H and O–H groups in total. The molecule has 4 aromatic rings. The first kappa shape index (κ1) is 24.4. The van der Waals surface area contributed by atoms with Crippen LogP contribution < -0.4 is 5.56 Å². The quantitative estimate of drug-likeness (QED) is 0.350. The first-order valence-corrected chi connectivity index (χ1v) is 13.1. The van der Waals surface area contributed by atoms with Gasteiger partial charge in [0.1, 0.15) is 0 Å². The van der Waals surface area contributed by atoms with Crippen LogP contribution in [-0.2, 0) is 13.1 Å². The van der Waals surface area contributed by atoms with Crippen LogP contribution in [0, 0.1) is 19.8 Å². The fraction of sp³-hybridized carbons (Fsp3) is 0.448. The summed E-state index contributed by atoms with van der Waals surface area (Å²) in [7, 11) is 0. The second-order valence-electron chi connectivity index (χ2n) is 10.6. The van der Waals surface area contributed by atoms with E-state index in [0.29, 0.717) is 19.1 Å². The van der Waals surface area contributed by atoms with Crippen molar-refractivity contribution in [1.82, 2.24) is 30.1 Å². The third-order valence-corrected chi connectivity index (χ3v) is 7.62. The molecule has 1 aliphatic carbocycles. The molecule has 2 aromatic carbocycles. The second kappa shape index (κ2) is 10.3. The summed E-state index contributed by atoms with van der Waals surface area (Å²) < 4.78 is 2.06. The second-order valence-corrected chi connectivity index (χ2v) is 10.6. The Hall–Kier alpha value is -3.32. The minimum atomic E-state index is -0.0401. The zero-order valence-corrected chi connectivity index (χ0v) is 21.7. The first-order valence-electron chi connectivity index (χ1n) is 13.1. The lowest BCUT2D eigenvalue weighted by molar-refractivity contribution is 0.123. The van der Waals surface area contributed by atoms with E-state index in [1.807, 2.05) is 6.07 Å². The monoisotopic (exact) mass is 484 g/mol. The Kier molecular flexibility index (Phi) is 7.01. The van der Waals surface area contributed by atoms with Crippen LogP contribution in [0.5, 0.6) is 0 Å². The predicted molar refractivity (Wildman–Crippen MR) is 143 cm³/mol. The van der Waals surface area contributed by atoms with Gasteiger partial charge in [0.05, 0.1) is 12.1 Å². The molecule has 1 aliphatic rings. The summed E-state index contributed by atoms with van der Waals surface area (Å²) in [6.07, 6.45) is 4.67. The lowest BCUT2D eigenvalue weighted by atomic mass is 9.98. The van der Waals surface area contributed by atoms with Gasteiger partial charge < -0.3 is 4.98 Å². The molecule has 0 radical (unpaired) electrons. The highest BCUT2D eigenvalue weighted by Crippen LogP contribution is 2.35. The van der Waals surface area contributed by atoms with Crippen LogP contribution in [0.3, 0.4) is 0 Å². The van der Waals surface area contributed by atoms with Crippen LogP contribution in [0.15, 0.2) is 53.3 Å². The van der Waals surface area contributed by atoms with Gasteiger partial charge in [-0.05, 0) is 83.3 Å². The molecular formula is C29H36N6O. The highest BCUT2D eigenvalue weighted by atomic mass is 16.1. The van der Waals surface area contributed by atoms with Crippen molar-refractivity contribution in [3.05, 3.63) is 87.0 Å². The zero-order valence-electron chi connectivity index (χ0n) is 21.7. The molecule has 1 fully saturated rings. The fourth-order valence-electron chi connectivity index (χ4n) is 5.62. The molecule has 0 saturated heterocycles. The lowest BCUT2D eigenvalue weighted by Gasteiger charge is -2.34. The molecule has 0 amide bonds. The largest absolute Gasteiger partial charge is 0.322 e. The molecule has 0 spiro atoms. The van der Waals surface area contributed by atoms with Gasteiger partial charge in [0, 0.05) is 24.2 Å². The molecule has 1 unspecified atom stereocenters. The van der Waals surface area contributed by atoms with E-state index in [2.05, 4.69) is 100 Å². The summed E-state index contributed by atoms with van der Waals surface area (Å²) in [5.41, 5.74) is 5.19. The lowest BCUT2D eigenvalue weighted by Crippen LogP contribution is -2.35. The van der Waals surface area contributed by atoms with E-state index < -0.39 is 0 Å². The molecule has 2 heterocycles. The van der Waals surface area contributed by atoms with Gasteiger partial charge in [-0.3, -0.25) is 9.69 Å². The third kappa shape index (κ3) is 4.98. The van der Waals surface area contributed by atoms with Crippen LogP contribution >= 0.6 is 0 Å². The summed E-state index contributed by atoms with van der Waals surface area (Å²) in [4.78, 5) is 18.7. The predicted octanol–water partition coefficient (Wildman–Crippen LogP) is 5.65. The SMILES string of the molecule is Cc1cc2cc(CN(Cc3ccccc3)C(c3nnnn3C3CCCC3)C(C)C)c(=O)[nH]c2cc1C. The highest BCUT2D eigenvalue weighted by Gasteiger charge is 2.32. The number of pyridine rings is 1. The third-order valence-electron chi connectivity index (χ3n) is 7.62. The number of nitrogens with zero attached hydrogens (tertiary/aromatic N) is 5. The Balaban J connectivity index is 1.57. The topological polar surface area (TPSA) is 79.7 Å². The van der Waals surface area contributed by atoms with Gasteiger partial charge in [0.15, 0.2) is 5.82 Å². The molecule has 7 nitrogen and oxygen atoms in total. The maximum atomic E-state index is 13.2. The minimum Gasteiger partial charge on any atom is -0.322 e. The number of aromatic amines is 1. The Morgan fingerprint density at radius 3 is 2.47 bits per heavy atom. The Morgan fingerprint density at radius 1 is 1.03 bits per heavy atom. The van der Waals surface area contributed by atoms with Crippen LogP contribution in [0.1, 0.15) is 79.7 Å². The highest BCUT2D eigenvalue weighted by molar-refractivity contribution is 5.80. The van der Waals surface area contributed by atoms with Crippen molar-refractivity contribution in [1.29, 1.82) is 0 Å². The number of nitrogens with one attached hydrogen (secondary N) is 1. The number of hydrogen-bond donors (Lipinski definition) is 1. The smallest absolute Gasteiger partial charge is 0.252 e. The Labute approximate surface area is 212 Å². The summed E-state index contributed by atoms with van der Waals surface area (Å²) in [5, 5.41) is 14.2. The van der Waals surface area contributed by atoms with Gasteiger partial charge in [-0.15, -0.1) is 5.10 Å².